The maximum atomic E-state index is 12.9. The fraction of sp³-hybridized carbons (Fsp3) is 0.188. The standard InChI is InChI=1S/C16H14N4O3S/c1-23-9-6-7-11-12(8-9)19(21)14(15(17)20(11)22)16-18-10-4-2-3-5-13(10)24-16/h2-8,10,13H,17H2,1H3/t10-,13-/m0/s1. The van der Waals surface area contributed by atoms with Crippen molar-refractivity contribution in [3.05, 3.63) is 58.6 Å². The van der Waals surface area contributed by atoms with Crippen LogP contribution in [0.3, 0.4) is 0 Å². The summed E-state index contributed by atoms with van der Waals surface area (Å²) in [6.07, 6.45) is 7.85. The molecule has 0 spiro atoms. The van der Waals surface area contributed by atoms with Gasteiger partial charge in [0.05, 0.1) is 24.5 Å². The van der Waals surface area contributed by atoms with Gasteiger partial charge < -0.3 is 15.2 Å². The lowest BCUT2D eigenvalue weighted by atomic mass is 10.1. The number of allylic oxidation sites excluding steroid dienone is 2. The van der Waals surface area contributed by atoms with Crippen molar-refractivity contribution in [1.29, 1.82) is 0 Å². The minimum absolute atomic E-state index is 0.0458. The van der Waals surface area contributed by atoms with E-state index >= 15 is 0 Å². The average molecular weight is 342 g/mol. The predicted molar refractivity (Wildman–Crippen MR) is 92.8 cm³/mol. The van der Waals surface area contributed by atoms with Gasteiger partial charge in [-0.05, 0) is 12.1 Å². The van der Waals surface area contributed by atoms with Gasteiger partial charge in [-0.25, -0.2) is 4.73 Å². The molecule has 7 nitrogen and oxygen atoms in total. The first kappa shape index (κ1) is 14.8. The molecule has 24 heavy (non-hydrogen) atoms. The van der Waals surface area contributed by atoms with Crippen LogP contribution in [0.5, 0.6) is 5.75 Å². The zero-order valence-electron chi connectivity index (χ0n) is 12.7. The van der Waals surface area contributed by atoms with E-state index in [1.165, 1.54) is 31.0 Å². The Kier molecular flexibility index (Phi) is 3.34. The van der Waals surface area contributed by atoms with Crippen molar-refractivity contribution in [3.63, 3.8) is 0 Å². The molecule has 2 atom stereocenters. The zero-order valence-corrected chi connectivity index (χ0v) is 13.6. The third kappa shape index (κ3) is 2.10. The molecule has 0 amide bonds. The number of ether oxygens (including phenoxy) is 1. The molecule has 1 aromatic heterocycles. The molecule has 122 valence electrons. The van der Waals surface area contributed by atoms with Crippen molar-refractivity contribution in [2.24, 2.45) is 4.99 Å². The first-order valence-electron chi connectivity index (χ1n) is 7.32. The van der Waals surface area contributed by atoms with Crippen LogP contribution in [0.15, 0.2) is 47.5 Å². The summed E-state index contributed by atoms with van der Waals surface area (Å²) in [6.45, 7) is 0. The molecule has 0 saturated carbocycles. The summed E-state index contributed by atoms with van der Waals surface area (Å²) in [4.78, 5) is 4.55. The lowest BCUT2D eigenvalue weighted by molar-refractivity contribution is -0.619. The van der Waals surface area contributed by atoms with Crippen molar-refractivity contribution in [1.82, 2.24) is 0 Å². The van der Waals surface area contributed by atoms with Crippen LogP contribution in [0.2, 0.25) is 0 Å². The van der Waals surface area contributed by atoms with E-state index in [2.05, 4.69) is 4.99 Å². The Balaban J connectivity index is 1.92. The number of nitrogens with two attached hydrogens (primary N) is 1. The van der Waals surface area contributed by atoms with Crippen molar-refractivity contribution in [2.45, 2.75) is 11.3 Å². The van der Waals surface area contributed by atoms with Gasteiger partial charge in [-0.1, -0.05) is 36.1 Å². The van der Waals surface area contributed by atoms with Crippen molar-refractivity contribution >= 4 is 33.7 Å². The number of nitrogen functional groups attached to an aromatic ring is 1. The van der Waals surface area contributed by atoms with Gasteiger partial charge in [-0.3, -0.25) is 10.7 Å². The first-order chi connectivity index (χ1) is 11.6. The molecule has 2 aliphatic rings. The quantitative estimate of drug-likeness (QED) is 0.649. The molecule has 1 aliphatic carbocycles. The lowest BCUT2D eigenvalue weighted by Crippen LogP contribution is -2.45. The summed E-state index contributed by atoms with van der Waals surface area (Å²) < 4.78 is 6.37. The molecular formula is C16H14N4O3S. The van der Waals surface area contributed by atoms with Gasteiger partial charge in [-0.2, -0.15) is 4.73 Å². The normalized spacial score (nSPS) is 21.8. The van der Waals surface area contributed by atoms with E-state index in [0.29, 0.717) is 20.3 Å². The number of rotatable bonds is 2. The maximum Gasteiger partial charge on any atom is 0.353 e. The number of aliphatic imine (C=N–C) groups is 1. The number of methoxy groups -OCH3 is 1. The van der Waals surface area contributed by atoms with Crippen LogP contribution in [-0.4, -0.2) is 23.4 Å². The molecule has 0 bridgehead atoms. The summed E-state index contributed by atoms with van der Waals surface area (Å²) in [6, 6.07) is 4.61. The molecule has 0 unspecified atom stereocenters. The maximum absolute atomic E-state index is 12.9. The highest BCUT2D eigenvalue weighted by molar-refractivity contribution is 8.15. The van der Waals surface area contributed by atoms with Crippen LogP contribution in [0.1, 0.15) is 5.69 Å². The molecule has 2 heterocycles. The Morgan fingerprint density at radius 1 is 1.17 bits per heavy atom. The molecule has 0 radical (unpaired) electrons. The highest BCUT2D eigenvalue weighted by Gasteiger charge is 2.37. The number of benzene rings is 1. The summed E-state index contributed by atoms with van der Waals surface area (Å²) >= 11 is 1.43. The molecule has 1 aliphatic heterocycles. The average Bonchev–Trinajstić information content (AvgIpc) is 3.03. The molecule has 2 aromatic rings. The topological polar surface area (TPSA) is 101 Å². The second-order valence-corrected chi connectivity index (χ2v) is 6.62. The molecule has 8 heteroatoms. The van der Waals surface area contributed by atoms with Crippen LogP contribution in [0.4, 0.5) is 5.82 Å². The lowest BCUT2D eigenvalue weighted by Gasteiger charge is -2.14. The summed E-state index contributed by atoms with van der Waals surface area (Å²) in [5, 5.41) is 25.9. The number of anilines is 1. The second kappa shape index (κ2) is 5.41. The van der Waals surface area contributed by atoms with Gasteiger partial charge in [0.15, 0.2) is 5.04 Å². The summed E-state index contributed by atoms with van der Waals surface area (Å²) in [5.41, 5.74) is 6.43. The summed E-state index contributed by atoms with van der Waals surface area (Å²) in [7, 11) is 1.50. The van der Waals surface area contributed by atoms with Crippen molar-refractivity contribution in [2.75, 3.05) is 12.8 Å². The van der Waals surface area contributed by atoms with Crippen LogP contribution >= 0.6 is 11.8 Å². The van der Waals surface area contributed by atoms with E-state index in [1.54, 1.807) is 6.07 Å². The molecule has 2 N–H and O–H groups in total. The van der Waals surface area contributed by atoms with Crippen molar-refractivity contribution in [3.8, 4) is 5.75 Å². The van der Waals surface area contributed by atoms with Crippen LogP contribution in [0, 0.1) is 10.4 Å². The third-order valence-corrected chi connectivity index (χ3v) is 5.29. The number of aromatic nitrogens is 2. The van der Waals surface area contributed by atoms with Gasteiger partial charge >= 0.3 is 11.5 Å². The fourth-order valence-electron chi connectivity index (χ4n) is 2.82. The monoisotopic (exact) mass is 342 g/mol. The van der Waals surface area contributed by atoms with Gasteiger partial charge in [-0.15, -0.1) is 0 Å². The predicted octanol–water partition coefficient (Wildman–Crippen LogP) is 1.05. The number of hydrogen-bond donors (Lipinski definition) is 1. The van der Waals surface area contributed by atoms with Gasteiger partial charge in [0, 0.05) is 0 Å². The molecular weight excluding hydrogens is 328 g/mol. The number of nitrogens with zero attached hydrogens (tertiary/aromatic N) is 3. The molecule has 0 saturated heterocycles. The van der Waals surface area contributed by atoms with E-state index in [-0.39, 0.29) is 33.8 Å². The first-order valence-corrected chi connectivity index (χ1v) is 8.20. The second-order valence-electron chi connectivity index (χ2n) is 5.45. The Hall–Kier alpha value is -2.74. The highest BCUT2D eigenvalue weighted by Crippen LogP contribution is 2.34. The summed E-state index contributed by atoms with van der Waals surface area (Å²) in [5.74, 6) is 0.337. The number of fused-ring (bicyclic) bond motifs is 2. The fourth-order valence-corrected chi connectivity index (χ4v) is 4.02. The van der Waals surface area contributed by atoms with E-state index in [0.717, 1.165) is 0 Å². The largest absolute Gasteiger partial charge is 0.710 e. The third-order valence-electron chi connectivity index (χ3n) is 4.06. The smallest absolute Gasteiger partial charge is 0.353 e. The Bertz CT molecular complexity index is 939. The Morgan fingerprint density at radius 3 is 2.71 bits per heavy atom. The molecule has 1 aromatic carbocycles. The van der Waals surface area contributed by atoms with Crippen molar-refractivity contribution < 1.29 is 14.2 Å². The zero-order chi connectivity index (χ0) is 16.8. The number of thioether (sulfide) groups is 1. The van der Waals surface area contributed by atoms with E-state index in [4.69, 9.17) is 10.5 Å². The van der Waals surface area contributed by atoms with Crippen LogP contribution in [-0.2, 0) is 0 Å². The highest BCUT2D eigenvalue weighted by atomic mass is 32.2. The van der Waals surface area contributed by atoms with E-state index in [1.807, 2.05) is 24.3 Å². The van der Waals surface area contributed by atoms with Gasteiger partial charge in [0.2, 0.25) is 5.52 Å². The SMILES string of the molecule is COc1ccc2c(c1)[n+]([O-])c(C1=N[C@H]3C=CC=C[C@@H]3S1)c(N)[n+]2[O-]. The Labute approximate surface area is 141 Å². The minimum atomic E-state index is -0.152. The van der Waals surface area contributed by atoms with Gasteiger partial charge in [0.1, 0.15) is 5.75 Å². The van der Waals surface area contributed by atoms with E-state index in [9.17, 15) is 10.4 Å². The van der Waals surface area contributed by atoms with Crippen LogP contribution < -0.4 is 19.9 Å². The molecule has 0 fully saturated rings. The number of hydrogen-bond acceptors (Lipinski definition) is 6. The minimum Gasteiger partial charge on any atom is -0.710 e. The van der Waals surface area contributed by atoms with Gasteiger partial charge in [0.25, 0.3) is 5.52 Å². The Morgan fingerprint density at radius 2 is 1.96 bits per heavy atom. The van der Waals surface area contributed by atoms with Crippen LogP contribution in [0.25, 0.3) is 11.0 Å². The van der Waals surface area contributed by atoms with E-state index < -0.39 is 0 Å². The molecule has 4 rings (SSSR count).